The molecule has 2 aliphatic heterocycles. The number of aryl methyl sites for hydroxylation is 2. The van der Waals surface area contributed by atoms with Crippen molar-refractivity contribution in [3.8, 4) is 5.88 Å². The molecule has 0 saturated carbocycles. The predicted octanol–water partition coefficient (Wildman–Crippen LogP) is 0.239. The van der Waals surface area contributed by atoms with Gasteiger partial charge in [0.25, 0.3) is 5.91 Å². The number of carbonyl (C=O) groups is 1. The summed E-state index contributed by atoms with van der Waals surface area (Å²) in [6.07, 6.45) is 5.09. The number of fused-ring (bicyclic) bond motifs is 1. The monoisotopic (exact) mass is 342 g/mol. The molecule has 2 aromatic heterocycles. The van der Waals surface area contributed by atoms with E-state index in [0.29, 0.717) is 11.7 Å². The van der Waals surface area contributed by atoms with Crippen molar-refractivity contribution in [3.63, 3.8) is 0 Å². The molecule has 0 aliphatic carbocycles. The van der Waals surface area contributed by atoms with Crippen LogP contribution < -0.4 is 4.74 Å². The van der Waals surface area contributed by atoms with E-state index in [0.717, 1.165) is 19.6 Å². The zero-order valence-corrected chi connectivity index (χ0v) is 14.7. The molecule has 1 amide bonds. The van der Waals surface area contributed by atoms with Crippen LogP contribution in [0.1, 0.15) is 11.4 Å². The number of amides is 1. The van der Waals surface area contributed by atoms with Crippen LogP contribution in [0.25, 0.3) is 0 Å². The average Bonchev–Trinajstić information content (AvgIpc) is 3.22. The van der Waals surface area contributed by atoms with Gasteiger partial charge in [0.1, 0.15) is 5.82 Å². The van der Waals surface area contributed by atoms with E-state index in [1.54, 1.807) is 12.3 Å². The van der Waals surface area contributed by atoms with Gasteiger partial charge < -0.3 is 9.64 Å². The molecular formula is C17H22N6O2. The lowest BCUT2D eigenvalue weighted by atomic mass is 10.0. The summed E-state index contributed by atoms with van der Waals surface area (Å²) in [7, 11) is 3.78. The second-order valence-corrected chi connectivity index (χ2v) is 6.88. The molecule has 8 heteroatoms. The fourth-order valence-corrected chi connectivity index (χ4v) is 3.86. The Bertz CT molecular complexity index is 791. The van der Waals surface area contributed by atoms with Crippen LogP contribution in [-0.4, -0.2) is 67.7 Å². The molecule has 3 atom stereocenters. The highest BCUT2D eigenvalue weighted by molar-refractivity contribution is 5.84. The average molecular weight is 342 g/mol. The lowest BCUT2D eigenvalue weighted by Crippen LogP contribution is -2.37. The van der Waals surface area contributed by atoms with E-state index in [1.807, 2.05) is 43.0 Å². The highest BCUT2D eigenvalue weighted by Gasteiger charge is 2.52. The molecule has 2 aliphatic rings. The highest BCUT2D eigenvalue weighted by atomic mass is 16.5. The molecule has 2 aromatic rings. The van der Waals surface area contributed by atoms with Gasteiger partial charge in [0.2, 0.25) is 5.88 Å². The van der Waals surface area contributed by atoms with Gasteiger partial charge in [-0.25, -0.2) is 4.98 Å². The lowest BCUT2D eigenvalue weighted by molar-refractivity contribution is -0.134. The van der Waals surface area contributed by atoms with Crippen LogP contribution in [0.15, 0.2) is 24.7 Å². The van der Waals surface area contributed by atoms with Gasteiger partial charge in [-0.05, 0) is 6.92 Å². The van der Waals surface area contributed by atoms with Gasteiger partial charge in [-0.3, -0.25) is 14.4 Å². The first-order valence-electron chi connectivity index (χ1n) is 8.44. The SMILES string of the molecule is Cc1nccc(O[C@@H]2C(=O)N(C)[C@@H]3CN(Cc4cnn(C)c4)C[C@H]23)n1. The number of rotatable bonds is 4. The third-order valence-corrected chi connectivity index (χ3v) is 5.05. The molecule has 0 N–H and O–H groups in total. The summed E-state index contributed by atoms with van der Waals surface area (Å²) in [5.41, 5.74) is 1.18. The Morgan fingerprint density at radius 2 is 2.16 bits per heavy atom. The number of nitrogens with zero attached hydrogens (tertiary/aromatic N) is 6. The summed E-state index contributed by atoms with van der Waals surface area (Å²) in [4.78, 5) is 25.1. The third kappa shape index (κ3) is 2.97. The number of hydrogen-bond donors (Lipinski definition) is 0. The van der Waals surface area contributed by atoms with E-state index in [1.165, 1.54) is 5.56 Å². The minimum atomic E-state index is -0.483. The summed E-state index contributed by atoms with van der Waals surface area (Å²) < 4.78 is 7.78. The van der Waals surface area contributed by atoms with Crippen molar-refractivity contribution in [1.82, 2.24) is 29.5 Å². The number of ether oxygens (including phenoxy) is 1. The molecule has 2 saturated heterocycles. The molecule has 4 heterocycles. The molecule has 4 rings (SSSR count). The number of hydrogen-bond acceptors (Lipinski definition) is 6. The Labute approximate surface area is 146 Å². The second kappa shape index (κ2) is 6.11. The zero-order valence-electron chi connectivity index (χ0n) is 14.7. The van der Waals surface area contributed by atoms with E-state index in [4.69, 9.17) is 4.74 Å². The molecule has 25 heavy (non-hydrogen) atoms. The molecule has 0 radical (unpaired) electrons. The Morgan fingerprint density at radius 1 is 1.32 bits per heavy atom. The van der Waals surface area contributed by atoms with Gasteiger partial charge in [-0.1, -0.05) is 0 Å². The van der Waals surface area contributed by atoms with Gasteiger partial charge in [0, 0.05) is 63.7 Å². The molecule has 2 fully saturated rings. The van der Waals surface area contributed by atoms with E-state index in [2.05, 4.69) is 20.0 Å². The molecule has 0 bridgehead atoms. The summed E-state index contributed by atoms with van der Waals surface area (Å²) in [6.45, 7) is 4.32. The smallest absolute Gasteiger partial charge is 0.264 e. The van der Waals surface area contributed by atoms with Crippen molar-refractivity contribution in [2.45, 2.75) is 25.6 Å². The quantitative estimate of drug-likeness (QED) is 0.792. The van der Waals surface area contributed by atoms with E-state index in [-0.39, 0.29) is 17.9 Å². The number of likely N-dealkylation sites (tertiary alicyclic amines) is 2. The fourth-order valence-electron chi connectivity index (χ4n) is 3.86. The highest BCUT2D eigenvalue weighted by Crippen LogP contribution is 2.34. The minimum absolute atomic E-state index is 0.0345. The summed E-state index contributed by atoms with van der Waals surface area (Å²) in [5, 5.41) is 4.22. The third-order valence-electron chi connectivity index (χ3n) is 5.05. The van der Waals surface area contributed by atoms with E-state index >= 15 is 0 Å². The van der Waals surface area contributed by atoms with Crippen LogP contribution >= 0.6 is 0 Å². The number of carbonyl (C=O) groups excluding carboxylic acids is 1. The van der Waals surface area contributed by atoms with Gasteiger partial charge in [0.15, 0.2) is 6.10 Å². The normalized spacial score (nSPS) is 26.3. The fraction of sp³-hybridized carbons (Fsp3) is 0.529. The lowest BCUT2D eigenvalue weighted by Gasteiger charge is -2.21. The largest absolute Gasteiger partial charge is 0.464 e. The topological polar surface area (TPSA) is 76.4 Å². The maximum absolute atomic E-state index is 12.6. The van der Waals surface area contributed by atoms with Crippen molar-refractivity contribution in [2.24, 2.45) is 13.0 Å². The van der Waals surface area contributed by atoms with Crippen LogP contribution in [0.5, 0.6) is 5.88 Å². The van der Waals surface area contributed by atoms with E-state index < -0.39 is 6.10 Å². The van der Waals surface area contributed by atoms with Crippen LogP contribution in [-0.2, 0) is 18.4 Å². The van der Waals surface area contributed by atoms with Gasteiger partial charge in [-0.15, -0.1) is 0 Å². The summed E-state index contributed by atoms with van der Waals surface area (Å²) >= 11 is 0. The zero-order chi connectivity index (χ0) is 17.6. The molecule has 8 nitrogen and oxygen atoms in total. The van der Waals surface area contributed by atoms with E-state index in [9.17, 15) is 4.79 Å². The molecule has 0 aromatic carbocycles. The number of aromatic nitrogens is 4. The molecular weight excluding hydrogens is 320 g/mol. The maximum atomic E-state index is 12.6. The Morgan fingerprint density at radius 3 is 2.88 bits per heavy atom. The molecule has 132 valence electrons. The molecule has 0 spiro atoms. The van der Waals surface area contributed by atoms with Crippen LogP contribution in [0.3, 0.4) is 0 Å². The predicted molar refractivity (Wildman–Crippen MR) is 89.7 cm³/mol. The van der Waals surface area contributed by atoms with Crippen molar-refractivity contribution in [3.05, 3.63) is 36.0 Å². The van der Waals surface area contributed by atoms with Crippen LogP contribution in [0.2, 0.25) is 0 Å². The van der Waals surface area contributed by atoms with Crippen molar-refractivity contribution in [2.75, 3.05) is 20.1 Å². The minimum Gasteiger partial charge on any atom is -0.464 e. The van der Waals surface area contributed by atoms with Crippen LogP contribution in [0.4, 0.5) is 0 Å². The van der Waals surface area contributed by atoms with Crippen LogP contribution in [0, 0.1) is 12.8 Å². The van der Waals surface area contributed by atoms with Crippen molar-refractivity contribution >= 4 is 5.91 Å². The van der Waals surface area contributed by atoms with Gasteiger partial charge in [0.05, 0.1) is 12.2 Å². The van der Waals surface area contributed by atoms with Crippen molar-refractivity contribution in [1.29, 1.82) is 0 Å². The maximum Gasteiger partial charge on any atom is 0.264 e. The Kier molecular flexibility index (Phi) is 3.91. The second-order valence-electron chi connectivity index (χ2n) is 6.88. The first kappa shape index (κ1) is 16.0. The Balaban J connectivity index is 1.48. The Hall–Kier alpha value is -2.48. The first-order valence-corrected chi connectivity index (χ1v) is 8.44. The molecule has 0 unspecified atom stereocenters. The summed E-state index contributed by atoms with van der Waals surface area (Å²) in [5.74, 6) is 1.28. The van der Waals surface area contributed by atoms with Gasteiger partial charge >= 0.3 is 0 Å². The first-order chi connectivity index (χ1) is 12.0. The standard InChI is InChI=1S/C17H22N6O2/c1-11-18-5-4-15(20-11)25-16-13-9-23(8-12-6-19-21(2)7-12)10-14(13)22(3)17(16)24/h4-7,13-14,16H,8-10H2,1-3H3/t13-,14+,16-/m0/s1. The number of likely N-dealkylation sites (N-methyl/N-ethyl adjacent to an activating group) is 1. The van der Waals surface area contributed by atoms with Gasteiger partial charge in [-0.2, -0.15) is 10.1 Å². The van der Waals surface area contributed by atoms with Crippen molar-refractivity contribution < 1.29 is 9.53 Å². The summed E-state index contributed by atoms with van der Waals surface area (Å²) in [6, 6.07) is 1.88.